The van der Waals surface area contributed by atoms with Crippen LogP contribution in [0.1, 0.15) is 37.7 Å². The zero-order chi connectivity index (χ0) is 15.0. The van der Waals surface area contributed by atoms with E-state index in [1.165, 1.54) is 6.92 Å². The predicted octanol–water partition coefficient (Wildman–Crippen LogP) is 0.919. The Bertz CT molecular complexity index is 613. The number of carbonyl (C=O) groups excluding carboxylic acids is 1. The molecule has 0 bridgehead atoms. The number of aryl methyl sites for hydroxylation is 2. The molecular formula is C14H20N4O2S. The number of nitrogens with zero attached hydrogens (tertiary/aromatic N) is 2. The first-order valence-electron chi connectivity index (χ1n) is 7.28. The van der Waals surface area contributed by atoms with Crippen LogP contribution in [-0.2, 0) is 22.0 Å². The molecule has 1 aromatic rings. The summed E-state index contributed by atoms with van der Waals surface area (Å²) in [5, 5.41) is 6.34. The van der Waals surface area contributed by atoms with Crippen LogP contribution in [0.4, 0.5) is 5.82 Å². The van der Waals surface area contributed by atoms with Crippen molar-refractivity contribution in [3.8, 4) is 0 Å². The zero-order valence-corrected chi connectivity index (χ0v) is 13.2. The number of carbonyl (C=O) groups is 1. The van der Waals surface area contributed by atoms with E-state index in [1.54, 1.807) is 0 Å². The Kier molecular flexibility index (Phi) is 3.69. The van der Waals surface area contributed by atoms with Gasteiger partial charge in [0, 0.05) is 25.6 Å². The van der Waals surface area contributed by atoms with Crippen molar-refractivity contribution in [2.24, 2.45) is 0 Å². The summed E-state index contributed by atoms with van der Waals surface area (Å²) in [5.41, 5.74) is 0.741. The van der Waals surface area contributed by atoms with Crippen molar-refractivity contribution < 1.29 is 9.00 Å². The maximum Gasteiger partial charge on any atom is 0.216 e. The number of fused-ring (bicyclic) bond motifs is 1. The van der Waals surface area contributed by atoms with Gasteiger partial charge in [-0.25, -0.2) is 9.97 Å². The topological polar surface area (TPSA) is 84.0 Å². The summed E-state index contributed by atoms with van der Waals surface area (Å²) in [4.78, 5) is 20.8. The summed E-state index contributed by atoms with van der Waals surface area (Å²) in [5.74, 6) is 1.99. The fraction of sp³-hybridized carbons (Fsp3) is 0.643. The van der Waals surface area contributed by atoms with Gasteiger partial charge in [-0.1, -0.05) is 0 Å². The van der Waals surface area contributed by atoms with E-state index in [-0.39, 0.29) is 11.4 Å². The molecule has 1 atom stereocenters. The van der Waals surface area contributed by atoms with Crippen LogP contribution >= 0.6 is 0 Å². The minimum atomic E-state index is -1.02. The van der Waals surface area contributed by atoms with Gasteiger partial charge in [0.05, 0.1) is 22.0 Å². The van der Waals surface area contributed by atoms with Crippen LogP contribution in [0.25, 0.3) is 0 Å². The van der Waals surface area contributed by atoms with Crippen molar-refractivity contribution in [3.05, 3.63) is 11.5 Å². The minimum absolute atomic E-state index is 0.0317. The highest BCUT2D eigenvalue weighted by atomic mass is 32.2. The van der Waals surface area contributed by atoms with Crippen LogP contribution < -0.4 is 10.6 Å². The Balaban J connectivity index is 1.87. The lowest BCUT2D eigenvalue weighted by Gasteiger charge is -2.43. The number of hydrogen-bond acceptors (Lipinski definition) is 5. The molecule has 0 radical (unpaired) electrons. The highest BCUT2D eigenvalue weighted by Gasteiger charge is 2.39. The SMILES string of the molecule is CC(=O)NCC1(Nc2nc(C)nc3c2S(=O)CC3)CCC1. The highest BCUT2D eigenvalue weighted by molar-refractivity contribution is 7.85. The summed E-state index contributed by atoms with van der Waals surface area (Å²) in [6, 6.07) is 0. The molecule has 6 nitrogen and oxygen atoms in total. The van der Waals surface area contributed by atoms with Gasteiger partial charge in [-0.2, -0.15) is 0 Å². The van der Waals surface area contributed by atoms with Gasteiger partial charge in [-0.15, -0.1) is 0 Å². The van der Waals surface area contributed by atoms with Crippen molar-refractivity contribution in [1.82, 2.24) is 15.3 Å². The molecule has 1 fully saturated rings. The predicted molar refractivity (Wildman–Crippen MR) is 80.6 cm³/mol. The van der Waals surface area contributed by atoms with E-state index in [9.17, 15) is 9.00 Å². The fourth-order valence-electron chi connectivity index (χ4n) is 2.90. The Morgan fingerprint density at radius 3 is 2.76 bits per heavy atom. The second-order valence-electron chi connectivity index (χ2n) is 5.86. The maximum atomic E-state index is 12.2. The smallest absolute Gasteiger partial charge is 0.216 e. The van der Waals surface area contributed by atoms with Crippen LogP contribution in [-0.4, -0.2) is 37.9 Å². The number of anilines is 1. The quantitative estimate of drug-likeness (QED) is 0.864. The summed E-state index contributed by atoms with van der Waals surface area (Å²) < 4.78 is 12.2. The molecule has 0 aromatic carbocycles. The lowest BCUT2D eigenvalue weighted by Crippen LogP contribution is -2.53. The lowest BCUT2D eigenvalue weighted by atomic mass is 9.76. The second-order valence-corrected chi connectivity index (χ2v) is 7.37. The first-order valence-corrected chi connectivity index (χ1v) is 8.59. The average molecular weight is 308 g/mol. The van der Waals surface area contributed by atoms with Crippen molar-refractivity contribution in [2.75, 3.05) is 17.6 Å². The summed E-state index contributed by atoms with van der Waals surface area (Å²) in [6.45, 7) is 3.95. The number of amides is 1. The summed E-state index contributed by atoms with van der Waals surface area (Å²) in [7, 11) is -1.02. The van der Waals surface area contributed by atoms with Crippen molar-refractivity contribution in [3.63, 3.8) is 0 Å². The van der Waals surface area contributed by atoms with E-state index in [1.807, 2.05) is 6.92 Å². The molecule has 7 heteroatoms. The van der Waals surface area contributed by atoms with Gasteiger partial charge in [-0.3, -0.25) is 9.00 Å². The molecule has 3 rings (SSSR count). The van der Waals surface area contributed by atoms with Gasteiger partial charge in [-0.05, 0) is 26.2 Å². The lowest BCUT2D eigenvalue weighted by molar-refractivity contribution is -0.119. The van der Waals surface area contributed by atoms with Gasteiger partial charge in [0.15, 0.2) is 0 Å². The van der Waals surface area contributed by atoms with Gasteiger partial charge in [0.2, 0.25) is 5.91 Å². The number of rotatable bonds is 4. The minimum Gasteiger partial charge on any atom is -0.362 e. The molecular weight excluding hydrogens is 288 g/mol. The number of nitrogens with one attached hydrogen (secondary N) is 2. The van der Waals surface area contributed by atoms with E-state index >= 15 is 0 Å². The summed E-state index contributed by atoms with van der Waals surface area (Å²) >= 11 is 0. The van der Waals surface area contributed by atoms with E-state index in [0.717, 1.165) is 36.3 Å². The average Bonchev–Trinajstić information content (AvgIpc) is 2.73. The van der Waals surface area contributed by atoms with Gasteiger partial charge in [0.1, 0.15) is 16.5 Å². The Hall–Kier alpha value is -1.50. The normalized spacial score (nSPS) is 22.3. The molecule has 21 heavy (non-hydrogen) atoms. The fourth-order valence-corrected chi connectivity index (χ4v) is 4.21. The van der Waals surface area contributed by atoms with E-state index in [4.69, 9.17) is 0 Å². The van der Waals surface area contributed by atoms with Crippen molar-refractivity contribution >= 4 is 22.5 Å². The van der Waals surface area contributed by atoms with Gasteiger partial charge >= 0.3 is 0 Å². The molecule has 1 saturated carbocycles. The molecule has 1 amide bonds. The number of hydrogen-bond donors (Lipinski definition) is 2. The van der Waals surface area contributed by atoms with E-state index in [0.29, 0.717) is 23.9 Å². The first kappa shape index (κ1) is 14.4. The van der Waals surface area contributed by atoms with Crippen molar-refractivity contribution in [1.29, 1.82) is 0 Å². The first-order chi connectivity index (χ1) is 9.99. The van der Waals surface area contributed by atoms with Crippen LogP contribution in [0.2, 0.25) is 0 Å². The van der Waals surface area contributed by atoms with Crippen LogP contribution in [0.5, 0.6) is 0 Å². The third-order valence-electron chi connectivity index (χ3n) is 4.17. The van der Waals surface area contributed by atoms with Crippen LogP contribution in [0, 0.1) is 6.92 Å². The third kappa shape index (κ3) is 2.79. The van der Waals surface area contributed by atoms with Crippen molar-refractivity contribution in [2.45, 2.75) is 50.0 Å². The van der Waals surface area contributed by atoms with Crippen LogP contribution in [0.15, 0.2) is 4.90 Å². The van der Waals surface area contributed by atoms with E-state index < -0.39 is 10.8 Å². The third-order valence-corrected chi connectivity index (χ3v) is 5.63. The highest BCUT2D eigenvalue weighted by Crippen LogP contribution is 2.37. The van der Waals surface area contributed by atoms with Gasteiger partial charge < -0.3 is 10.6 Å². The molecule has 0 saturated heterocycles. The maximum absolute atomic E-state index is 12.2. The standard InChI is InChI=1S/C14H20N4O2S/c1-9-16-11-4-7-21(20)12(11)13(17-9)18-14(5-3-6-14)8-15-10(2)19/h3-8H2,1-2H3,(H,15,19)(H,16,17,18). The Morgan fingerprint density at radius 1 is 1.38 bits per heavy atom. The largest absolute Gasteiger partial charge is 0.362 e. The molecule has 1 aliphatic carbocycles. The molecule has 2 heterocycles. The molecule has 0 spiro atoms. The molecule has 1 unspecified atom stereocenters. The van der Waals surface area contributed by atoms with E-state index in [2.05, 4.69) is 20.6 Å². The Morgan fingerprint density at radius 2 is 2.14 bits per heavy atom. The monoisotopic (exact) mass is 308 g/mol. The molecule has 2 N–H and O–H groups in total. The molecule has 1 aromatic heterocycles. The van der Waals surface area contributed by atoms with Crippen LogP contribution in [0.3, 0.4) is 0 Å². The molecule has 2 aliphatic rings. The molecule has 1 aliphatic heterocycles. The zero-order valence-electron chi connectivity index (χ0n) is 12.4. The Labute approximate surface area is 126 Å². The molecule has 114 valence electrons. The second kappa shape index (κ2) is 5.36. The number of aromatic nitrogens is 2. The summed E-state index contributed by atoms with van der Waals surface area (Å²) in [6.07, 6.45) is 3.84. The van der Waals surface area contributed by atoms with Gasteiger partial charge in [0.25, 0.3) is 0 Å².